The number of carbonyl (C=O) groups excluding carboxylic acids is 3. The molecule has 34 heavy (non-hydrogen) atoms. The van der Waals surface area contributed by atoms with E-state index in [4.69, 9.17) is 4.42 Å². The van der Waals surface area contributed by atoms with Crippen LogP contribution in [-0.2, 0) is 9.59 Å². The molecule has 3 aromatic heterocycles. The number of halogens is 1. The van der Waals surface area contributed by atoms with Gasteiger partial charge in [-0.15, -0.1) is 0 Å². The number of nitrogens with zero attached hydrogens (tertiary/aromatic N) is 3. The number of fused-ring (bicyclic) bond motifs is 1. The van der Waals surface area contributed by atoms with Crippen LogP contribution in [0.4, 0.5) is 15.9 Å². The zero-order chi connectivity index (χ0) is 24.4. The number of nitrogens with one attached hydrogen (secondary N) is 2. The zero-order valence-electron chi connectivity index (χ0n) is 19.2. The van der Waals surface area contributed by atoms with Gasteiger partial charge in [-0.05, 0) is 56.4 Å². The molecular weight excluding hydrogens is 441 g/mol. The normalized spacial score (nSPS) is 17.9. The van der Waals surface area contributed by atoms with Gasteiger partial charge >= 0.3 is 0 Å². The van der Waals surface area contributed by atoms with E-state index in [0.29, 0.717) is 31.5 Å². The molecule has 3 heterocycles. The minimum atomic E-state index is -0.765. The topological polar surface area (TPSA) is 117 Å². The molecule has 0 unspecified atom stereocenters. The van der Waals surface area contributed by atoms with Crippen LogP contribution in [-0.4, -0.2) is 46.7 Å². The van der Waals surface area contributed by atoms with E-state index in [0.717, 1.165) is 11.6 Å². The molecule has 4 rings (SSSR count). The van der Waals surface area contributed by atoms with Gasteiger partial charge in [-0.25, -0.2) is 9.97 Å². The molecule has 0 spiro atoms. The highest BCUT2D eigenvalue weighted by Crippen LogP contribution is 2.34. The summed E-state index contributed by atoms with van der Waals surface area (Å²) in [5.74, 6) is -2.02. The van der Waals surface area contributed by atoms with Crippen molar-refractivity contribution in [3.8, 4) is 0 Å². The molecule has 178 valence electrons. The summed E-state index contributed by atoms with van der Waals surface area (Å²) in [5.41, 5.74) is 1.15. The van der Waals surface area contributed by atoms with Gasteiger partial charge in [-0.2, -0.15) is 4.39 Å². The first-order valence-electron chi connectivity index (χ1n) is 11.1. The predicted molar refractivity (Wildman–Crippen MR) is 124 cm³/mol. The summed E-state index contributed by atoms with van der Waals surface area (Å²) in [6.07, 6.45) is 3.86. The second-order valence-corrected chi connectivity index (χ2v) is 8.73. The summed E-state index contributed by atoms with van der Waals surface area (Å²) in [4.78, 5) is 47.8. The summed E-state index contributed by atoms with van der Waals surface area (Å²) in [6.45, 7) is 1.87. The van der Waals surface area contributed by atoms with E-state index in [1.54, 1.807) is 37.3 Å². The second kappa shape index (κ2) is 9.58. The minimum Gasteiger partial charge on any atom is -0.447 e. The second-order valence-electron chi connectivity index (χ2n) is 8.73. The number of hydrogen-bond acceptors (Lipinski definition) is 6. The third-order valence-corrected chi connectivity index (χ3v) is 6.00. The van der Waals surface area contributed by atoms with Gasteiger partial charge in [-0.3, -0.25) is 14.4 Å². The van der Waals surface area contributed by atoms with Crippen LogP contribution in [0.3, 0.4) is 0 Å². The SMILES string of the molecule is Cc1ccc(NC(=O)c2oc3ccc(F)nc3c2NC(=O)[C@H]2CC[C@H](C(=O)N(C)C)CC2)nc1. The smallest absolute Gasteiger partial charge is 0.294 e. The number of amides is 3. The maximum atomic E-state index is 13.9. The Hall–Kier alpha value is -3.82. The zero-order valence-corrected chi connectivity index (χ0v) is 19.2. The largest absolute Gasteiger partial charge is 0.447 e. The van der Waals surface area contributed by atoms with Crippen LogP contribution in [0.2, 0.25) is 0 Å². The molecule has 1 saturated carbocycles. The summed E-state index contributed by atoms with van der Waals surface area (Å²) >= 11 is 0. The molecule has 10 heteroatoms. The fourth-order valence-electron chi connectivity index (χ4n) is 4.14. The van der Waals surface area contributed by atoms with Crippen molar-refractivity contribution >= 4 is 40.3 Å². The fraction of sp³-hybridized carbons (Fsp3) is 0.375. The molecule has 1 fully saturated rings. The van der Waals surface area contributed by atoms with E-state index in [1.807, 2.05) is 6.92 Å². The van der Waals surface area contributed by atoms with Gasteiger partial charge in [0, 0.05) is 32.1 Å². The van der Waals surface area contributed by atoms with Crippen LogP contribution < -0.4 is 10.6 Å². The van der Waals surface area contributed by atoms with Crippen LogP contribution in [0, 0.1) is 24.7 Å². The Balaban J connectivity index is 1.55. The standard InChI is InChI=1S/C24H26FN5O4/c1-13-4-11-18(26-12-13)28-23(32)21-20(19-16(34-21)9-10-17(25)27-19)29-22(31)14-5-7-15(8-6-14)24(33)30(2)3/h4,9-12,14-15H,5-8H2,1-3H3,(H,29,31)(H,26,28,32)/t14-,15-. The molecule has 0 aromatic carbocycles. The number of carbonyl (C=O) groups is 3. The van der Waals surface area contributed by atoms with Crippen molar-refractivity contribution in [3.05, 3.63) is 47.7 Å². The van der Waals surface area contributed by atoms with Gasteiger partial charge in [0.1, 0.15) is 17.0 Å². The van der Waals surface area contributed by atoms with Crippen LogP contribution in [0.5, 0.6) is 0 Å². The van der Waals surface area contributed by atoms with E-state index < -0.39 is 11.9 Å². The van der Waals surface area contributed by atoms with Crippen molar-refractivity contribution < 1.29 is 23.2 Å². The predicted octanol–water partition coefficient (Wildman–Crippen LogP) is 3.76. The van der Waals surface area contributed by atoms with Gasteiger partial charge in [0.2, 0.25) is 23.5 Å². The quantitative estimate of drug-likeness (QED) is 0.552. The monoisotopic (exact) mass is 467 g/mol. The molecule has 0 bridgehead atoms. The average molecular weight is 468 g/mol. The minimum absolute atomic E-state index is 0.00982. The van der Waals surface area contributed by atoms with Gasteiger partial charge < -0.3 is 20.0 Å². The number of furan rings is 1. The summed E-state index contributed by atoms with van der Waals surface area (Å²) < 4.78 is 19.5. The molecular formula is C24H26FN5O4. The molecule has 9 nitrogen and oxygen atoms in total. The highest BCUT2D eigenvalue weighted by atomic mass is 19.1. The van der Waals surface area contributed by atoms with Crippen molar-refractivity contribution in [1.82, 2.24) is 14.9 Å². The molecule has 2 N–H and O–H groups in total. The Morgan fingerprint density at radius 1 is 1.03 bits per heavy atom. The lowest BCUT2D eigenvalue weighted by molar-refractivity contribution is -0.135. The molecule has 0 radical (unpaired) electrons. The van der Waals surface area contributed by atoms with Crippen molar-refractivity contribution in [3.63, 3.8) is 0 Å². The first-order chi connectivity index (χ1) is 16.2. The van der Waals surface area contributed by atoms with E-state index in [2.05, 4.69) is 20.6 Å². The van der Waals surface area contributed by atoms with E-state index in [9.17, 15) is 18.8 Å². The van der Waals surface area contributed by atoms with Crippen molar-refractivity contribution in [2.45, 2.75) is 32.6 Å². The van der Waals surface area contributed by atoms with Crippen molar-refractivity contribution in [2.24, 2.45) is 11.8 Å². The molecule has 1 aliphatic rings. The number of hydrogen-bond donors (Lipinski definition) is 2. The number of rotatable bonds is 5. The molecule has 0 aliphatic heterocycles. The van der Waals surface area contributed by atoms with Crippen LogP contribution in [0.25, 0.3) is 11.1 Å². The number of anilines is 2. The van der Waals surface area contributed by atoms with E-state index in [-0.39, 0.29) is 46.2 Å². The first kappa shape index (κ1) is 23.3. The Bertz CT molecular complexity index is 1230. The van der Waals surface area contributed by atoms with Crippen molar-refractivity contribution in [1.29, 1.82) is 0 Å². The highest BCUT2D eigenvalue weighted by molar-refractivity contribution is 6.13. The van der Waals surface area contributed by atoms with E-state index >= 15 is 0 Å². The van der Waals surface area contributed by atoms with Gasteiger partial charge in [0.25, 0.3) is 5.91 Å². The van der Waals surface area contributed by atoms with E-state index in [1.165, 1.54) is 6.07 Å². The lowest BCUT2D eigenvalue weighted by Gasteiger charge is -2.28. The molecule has 0 saturated heterocycles. The van der Waals surface area contributed by atoms with Gasteiger partial charge in [-0.1, -0.05) is 6.07 Å². The molecule has 1 aliphatic carbocycles. The molecule has 3 amide bonds. The highest BCUT2D eigenvalue weighted by Gasteiger charge is 2.32. The Morgan fingerprint density at radius 2 is 1.74 bits per heavy atom. The van der Waals surface area contributed by atoms with Gasteiger partial charge in [0.15, 0.2) is 5.58 Å². The average Bonchev–Trinajstić information content (AvgIpc) is 3.17. The third kappa shape index (κ3) is 4.90. The molecule has 0 atom stereocenters. The summed E-state index contributed by atoms with van der Waals surface area (Å²) in [6, 6.07) is 5.90. The van der Waals surface area contributed by atoms with Crippen LogP contribution in [0.15, 0.2) is 34.9 Å². The Morgan fingerprint density at radius 3 is 2.38 bits per heavy atom. The number of aryl methyl sites for hydroxylation is 1. The van der Waals surface area contributed by atoms with Gasteiger partial charge in [0.05, 0.1) is 0 Å². The number of pyridine rings is 2. The first-order valence-corrected chi connectivity index (χ1v) is 11.1. The molecule has 3 aromatic rings. The Kier molecular flexibility index (Phi) is 6.58. The maximum Gasteiger partial charge on any atom is 0.294 e. The summed E-state index contributed by atoms with van der Waals surface area (Å²) in [7, 11) is 3.44. The maximum absolute atomic E-state index is 13.9. The lowest BCUT2D eigenvalue weighted by Crippen LogP contribution is -2.35. The Labute approximate surface area is 195 Å². The van der Waals surface area contributed by atoms with Crippen molar-refractivity contribution in [2.75, 3.05) is 24.7 Å². The third-order valence-electron chi connectivity index (χ3n) is 6.00. The van der Waals surface area contributed by atoms with Crippen LogP contribution >= 0.6 is 0 Å². The summed E-state index contributed by atoms with van der Waals surface area (Å²) in [5, 5.41) is 5.36. The van der Waals surface area contributed by atoms with Crippen LogP contribution in [0.1, 0.15) is 41.8 Å². The fourth-order valence-corrected chi connectivity index (χ4v) is 4.14. The number of aromatic nitrogens is 2. The lowest BCUT2D eigenvalue weighted by atomic mass is 9.81.